The number of morpholine rings is 1. The molecule has 9 fully saturated rings. The number of hydrogen-bond donors (Lipinski definition) is 3. The fourth-order valence-corrected chi connectivity index (χ4v) is 25.6. The molecule has 22 rings (SSSR count). The van der Waals surface area contributed by atoms with Crippen molar-refractivity contribution in [3.63, 3.8) is 0 Å². The van der Waals surface area contributed by atoms with Gasteiger partial charge in [-0.05, 0) is 201 Å². The molecule has 1 amide bonds. The van der Waals surface area contributed by atoms with Crippen LogP contribution in [-0.2, 0) is 25.5 Å². The quantitative estimate of drug-likeness (QED) is 0.0404. The number of hydrogen-bond acceptors (Lipinski definition) is 27. The summed E-state index contributed by atoms with van der Waals surface area (Å²) in [5.41, 5.74) is 16.2. The average molecular weight is 1860 g/mol. The standard InChI is InChI=1S/C31H37N5OS.C25H31N5OS.C25H29N5OS.C24H28N4O2S/c1-3-9-24(10-4-1)21-32-30-27(26-11-5-2-6-12-26)28-29(33-23-34-31(28)38-30)36-17-13-25(14-18-36)22-37-20-19-35-15-7-8-16-35;1-29-12-5-8-19(29)9-10-20-14-18(23(26)31)11-13-30(20)24-22-21(17-6-3-2-4-7-17)15-32-25(22)28-16-27-24;26-16-21-22(20-6-2-1-3-7-20)23-24(27-18-28-25(23)32-21)30-12-8-19(9-13-30)17-31-15-14-29-10-4-5-11-29;29-14-16-12-18-6-7-19(13-16)28(18)24-25-22(27-8-10-30-11-9-27)21-20(15-31-23(21)26-24)17-4-2-1-3-5-17/h1-6,9-12,23,25,32H,7-8,13-22H2;2-4,6-7,15-16,18-20H,5,8-14H2,1H3,(H2,26,31);1-3,6-7,18-19H,4-5,8-15,17H2;1-5,15-16,18-19,29H,6-14H2. The number of nitriles is 1. The van der Waals surface area contributed by atoms with Gasteiger partial charge >= 0.3 is 0 Å². The molecule has 9 aliphatic rings. The van der Waals surface area contributed by atoms with E-state index in [1.54, 1.807) is 53.0 Å². The molecule has 694 valence electrons. The molecule has 9 saturated heterocycles. The van der Waals surface area contributed by atoms with Crippen molar-refractivity contribution >= 4 is 126 Å². The maximum Gasteiger partial charge on any atom is 0.229 e. The van der Waals surface area contributed by atoms with E-state index in [4.69, 9.17) is 44.9 Å². The number of aliphatic hydroxyl groups is 1. The lowest BCUT2D eigenvalue weighted by Crippen LogP contribution is -2.46. The van der Waals surface area contributed by atoms with Crippen molar-refractivity contribution in [3.8, 4) is 50.6 Å². The van der Waals surface area contributed by atoms with E-state index in [-0.39, 0.29) is 17.9 Å². The van der Waals surface area contributed by atoms with Gasteiger partial charge in [-0.15, -0.1) is 34.0 Å². The van der Waals surface area contributed by atoms with Crippen LogP contribution in [0, 0.1) is 35.0 Å². The zero-order valence-electron chi connectivity index (χ0n) is 76.6. The lowest BCUT2D eigenvalue weighted by Gasteiger charge is -2.40. The maximum absolute atomic E-state index is 12.0. The summed E-state index contributed by atoms with van der Waals surface area (Å²) in [6.07, 6.45) is 25.7. The van der Waals surface area contributed by atoms with E-state index in [1.807, 2.05) is 24.3 Å². The minimum atomic E-state index is -0.166. The molecule has 0 radical (unpaired) electrons. The van der Waals surface area contributed by atoms with E-state index in [0.717, 1.165) is 245 Å². The summed E-state index contributed by atoms with van der Waals surface area (Å²) in [6.45, 7) is 20.7. The van der Waals surface area contributed by atoms with Crippen molar-refractivity contribution < 1.29 is 24.1 Å². The first-order valence-corrected chi connectivity index (χ1v) is 52.0. The highest BCUT2D eigenvalue weighted by Crippen LogP contribution is 2.50. The van der Waals surface area contributed by atoms with E-state index < -0.39 is 0 Å². The number of aromatic nitrogens is 8. The lowest BCUT2D eigenvalue weighted by molar-refractivity contribution is -0.122. The Balaban J connectivity index is 0.000000115. The first kappa shape index (κ1) is 91.8. The molecule has 13 aromatic rings. The highest BCUT2D eigenvalue weighted by Gasteiger charge is 2.43. The number of carbonyl (C=O) groups is 1. The fourth-order valence-electron chi connectivity index (χ4n) is 21.7. The smallest absolute Gasteiger partial charge is 0.229 e. The summed E-state index contributed by atoms with van der Waals surface area (Å²) in [6, 6.07) is 56.6. The highest BCUT2D eigenvalue weighted by atomic mass is 32.1. The number of nitrogens with two attached hydrogens (primary N) is 1. The summed E-state index contributed by atoms with van der Waals surface area (Å²) in [4.78, 5) is 74.8. The van der Waals surface area contributed by atoms with Gasteiger partial charge in [0.05, 0.1) is 53.0 Å². The molecular formula is C105H125N19O5S4. The van der Waals surface area contributed by atoms with Crippen molar-refractivity contribution in [2.24, 2.45) is 29.4 Å². The molecule has 133 heavy (non-hydrogen) atoms. The van der Waals surface area contributed by atoms with Gasteiger partial charge in [0, 0.05) is 148 Å². The SMILES string of the molecule is CN1CCCC1CCC1CC(C(N)=O)CCN1c1ncnc2scc(-c3ccccc3)c12.N#Cc1sc2ncnc(N3CCC(COCCN4CCCC4)CC3)c2c1-c1ccccc1.OCC1CC2CCC(C1)N2c1nc(N2CCOCC2)c2c(-c3ccccc3)csc2n1.c1ccc(CNc2sc3ncnc(N4CCC(COCCN5CCCC5)CC4)c3c2-c2ccccc2)cc1. The van der Waals surface area contributed by atoms with Crippen LogP contribution in [0.15, 0.2) is 181 Å². The summed E-state index contributed by atoms with van der Waals surface area (Å²) in [7, 11) is 2.23. The van der Waals surface area contributed by atoms with Gasteiger partial charge in [0.25, 0.3) is 0 Å². The fraction of sp³-hybridized carbons (Fsp3) is 0.467. The summed E-state index contributed by atoms with van der Waals surface area (Å²) >= 11 is 6.57. The molecule has 5 atom stereocenters. The Morgan fingerprint density at radius 2 is 0.992 bits per heavy atom. The van der Waals surface area contributed by atoms with Gasteiger partial charge in [-0.3, -0.25) is 4.79 Å². The van der Waals surface area contributed by atoms with Crippen LogP contribution in [0.4, 0.5) is 34.2 Å². The minimum Gasteiger partial charge on any atom is -0.396 e. The Bertz CT molecular complexity index is 5960. The molecule has 5 aromatic carbocycles. The number of benzene rings is 5. The first-order valence-electron chi connectivity index (χ1n) is 48.7. The third-order valence-corrected chi connectivity index (χ3v) is 32.8. The van der Waals surface area contributed by atoms with E-state index in [9.17, 15) is 15.2 Å². The minimum absolute atomic E-state index is 0.0500. The number of nitrogens with one attached hydrogen (secondary N) is 1. The number of thiophene rings is 4. The Labute approximate surface area is 797 Å². The van der Waals surface area contributed by atoms with E-state index in [0.29, 0.717) is 47.4 Å². The van der Waals surface area contributed by atoms with Gasteiger partial charge < -0.3 is 69.6 Å². The van der Waals surface area contributed by atoms with Gasteiger partial charge in [-0.25, -0.2) is 34.9 Å². The Hall–Kier alpha value is -10.3. The molecule has 24 nitrogen and oxygen atoms in total. The predicted octanol–water partition coefficient (Wildman–Crippen LogP) is 19.1. The number of likely N-dealkylation sites (tertiary alicyclic amines) is 3. The zero-order valence-corrected chi connectivity index (χ0v) is 79.9. The second-order valence-electron chi connectivity index (χ2n) is 37.3. The molecular weight excluding hydrogens is 1740 g/mol. The molecule has 28 heteroatoms. The normalized spacial score (nSPS) is 21.0. The molecule has 4 N–H and O–H groups in total. The van der Waals surface area contributed by atoms with Crippen molar-refractivity contribution in [2.45, 2.75) is 146 Å². The molecule has 5 unspecified atom stereocenters. The number of aliphatic hydroxyl groups excluding tert-OH is 1. The van der Waals surface area contributed by atoms with Gasteiger partial charge in [-0.2, -0.15) is 10.2 Å². The van der Waals surface area contributed by atoms with Crippen molar-refractivity contribution in [3.05, 3.63) is 192 Å². The first-order chi connectivity index (χ1) is 65.6. The van der Waals surface area contributed by atoms with Crippen LogP contribution in [0.2, 0.25) is 0 Å². The van der Waals surface area contributed by atoms with Crippen LogP contribution in [-0.4, -0.2) is 235 Å². The van der Waals surface area contributed by atoms with E-state index >= 15 is 0 Å². The molecule has 0 saturated carbocycles. The Morgan fingerprint density at radius 3 is 1.53 bits per heavy atom. The number of primary amides is 1. The topological polar surface area (TPSA) is 256 Å². The van der Waals surface area contributed by atoms with Gasteiger partial charge in [0.1, 0.15) is 72.5 Å². The molecule has 9 aliphatic heterocycles. The van der Waals surface area contributed by atoms with Gasteiger partial charge in [0.2, 0.25) is 11.9 Å². The van der Waals surface area contributed by atoms with Crippen LogP contribution in [0.5, 0.6) is 0 Å². The van der Waals surface area contributed by atoms with Crippen LogP contribution >= 0.6 is 45.3 Å². The Morgan fingerprint density at radius 1 is 0.496 bits per heavy atom. The van der Waals surface area contributed by atoms with Crippen molar-refractivity contribution in [2.75, 3.05) is 175 Å². The second-order valence-corrected chi connectivity index (χ2v) is 41.0. The molecule has 0 aliphatic carbocycles. The zero-order chi connectivity index (χ0) is 90.2. The van der Waals surface area contributed by atoms with Gasteiger partial charge in [0.15, 0.2) is 0 Å². The van der Waals surface area contributed by atoms with Crippen LogP contribution in [0.3, 0.4) is 0 Å². The van der Waals surface area contributed by atoms with Gasteiger partial charge in [-0.1, -0.05) is 163 Å². The number of amides is 1. The van der Waals surface area contributed by atoms with Crippen LogP contribution in [0.1, 0.15) is 126 Å². The second kappa shape index (κ2) is 44.5. The van der Waals surface area contributed by atoms with Crippen molar-refractivity contribution in [1.82, 2.24) is 54.6 Å². The number of fused-ring (bicyclic) bond motifs is 6. The largest absolute Gasteiger partial charge is 0.396 e. The monoisotopic (exact) mass is 1860 g/mol. The van der Waals surface area contributed by atoms with Crippen LogP contribution < -0.4 is 35.6 Å². The summed E-state index contributed by atoms with van der Waals surface area (Å²) in [5.74, 6) is 6.38. The number of piperidine rings is 4. The highest BCUT2D eigenvalue weighted by molar-refractivity contribution is 7.23. The summed E-state index contributed by atoms with van der Waals surface area (Å²) < 4.78 is 17.7. The van der Waals surface area contributed by atoms with E-state index in [2.05, 4.69) is 211 Å². The number of anilines is 6. The molecule has 8 aromatic heterocycles. The number of ether oxygens (including phenoxy) is 3. The number of nitrogens with zero attached hydrogens (tertiary/aromatic N) is 17. The molecule has 0 spiro atoms. The Kier molecular flexibility index (Phi) is 30.7. The summed E-state index contributed by atoms with van der Waals surface area (Å²) in [5, 5.41) is 33.2. The molecule has 17 heterocycles. The van der Waals surface area contributed by atoms with Crippen molar-refractivity contribution in [1.29, 1.82) is 5.26 Å². The maximum atomic E-state index is 12.0. The molecule has 2 bridgehead atoms. The number of carbonyl (C=O) groups excluding carboxylic acids is 1. The van der Waals surface area contributed by atoms with Crippen LogP contribution in [0.25, 0.3) is 85.4 Å². The average Bonchev–Trinajstić information content (AvgIpc) is 1.62. The number of rotatable bonds is 27. The third-order valence-electron chi connectivity index (χ3n) is 28.9. The predicted molar refractivity (Wildman–Crippen MR) is 543 cm³/mol. The third kappa shape index (κ3) is 21.7. The lowest BCUT2D eigenvalue weighted by atomic mass is 9.87. The van der Waals surface area contributed by atoms with E-state index in [1.165, 1.54) is 145 Å².